The first-order chi connectivity index (χ1) is 8.67. The van der Waals surface area contributed by atoms with E-state index in [2.05, 4.69) is 10.1 Å². The largest absolute Gasteiger partial charge is 0.466 e. The van der Waals surface area contributed by atoms with E-state index in [-0.39, 0.29) is 12.6 Å². The number of methoxy groups -OCH3 is 1. The van der Waals surface area contributed by atoms with Crippen molar-refractivity contribution in [3.05, 3.63) is 47.0 Å². The molecular formula is C14H19NO3. The van der Waals surface area contributed by atoms with E-state index < -0.39 is 0 Å². The first kappa shape index (κ1) is 14.4. The van der Waals surface area contributed by atoms with Gasteiger partial charge in [0.1, 0.15) is 0 Å². The molecule has 0 aliphatic carbocycles. The summed E-state index contributed by atoms with van der Waals surface area (Å²) in [5.74, 6) is -0.302. The summed E-state index contributed by atoms with van der Waals surface area (Å²) < 4.78 is 4.59. The van der Waals surface area contributed by atoms with E-state index in [1.54, 1.807) is 13.0 Å². The second kappa shape index (κ2) is 7.63. The molecule has 18 heavy (non-hydrogen) atoms. The minimum absolute atomic E-state index is 0.0643. The van der Waals surface area contributed by atoms with Crippen molar-refractivity contribution in [2.24, 2.45) is 0 Å². The van der Waals surface area contributed by atoms with Crippen LogP contribution in [-0.4, -0.2) is 24.7 Å². The van der Waals surface area contributed by atoms with Gasteiger partial charge in [0.2, 0.25) is 0 Å². The number of hydrogen-bond donors (Lipinski definition) is 2. The molecule has 98 valence electrons. The highest BCUT2D eigenvalue weighted by Crippen LogP contribution is 2.04. The Bertz CT molecular complexity index is 410. The summed E-state index contributed by atoms with van der Waals surface area (Å²) in [6, 6.07) is 7.73. The number of ether oxygens (including phenoxy) is 1. The lowest BCUT2D eigenvalue weighted by atomic mass is 10.1. The molecule has 0 bridgehead atoms. The molecule has 2 N–H and O–H groups in total. The molecule has 1 aromatic rings. The van der Waals surface area contributed by atoms with Crippen molar-refractivity contribution in [3.63, 3.8) is 0 Å². The molecule has 0 aliphatic rings. The topological polar surface area (TPSA) is 58.6 Å². The number of nitrogens with one attached hydrogen (secondary N) is 1. The fourth-order valence-electron chi connectivity index (χ4n) is 1.45. The number of aliphatic hydroxyl groups excluding tert-OH is 1. The summed E-state index contributed by atoms with van der Waals surface area (Å²) in [5, 5.41) is 12.1. The molecule has 1 aromatic carbocycles. The van der Waals surface area contributed by atoms with Crippen LogP contribution in [0.4, 0.5) is 0 Å². The van der Waals surface area contributed by atoms with Crippen LogP contribution >= 0.6 is 0 Å². The van der Waals surface area contributed by atoms with E-state index in [0.29, 0.717) is 12.1 Å². The van der Waals surface area contributed by atoms with Gasteiger partial charge in [-0.05, 0) is 18.1 Å². The van der Waals surface area contributed by atoms with Gasteiger partial charge in [-0.25, -0.2) is 4.79 Å². The maximum Gasteiger partial charge on any atom is 0.333 e. The Morgan fingerprint density at radius 2 is 1.94 bits per heavy atom. The lowest BCUT2D eigenvalue weighted by molar-refractivity contribution is -0.136. The fraction of sp³-hybridized carbons (Fsp3) is 0.357. The summed E-state index contributed by atoms with van der Waals surface area (Å²) in [6.45, 7) is 3.12. The minimum atomic E-state index is -0.302. The third-order valence-corrected chi connectivity index (χ3v) is 2.59. The van der Waals surface area contributed by atoms with Crippen molar-refractivity contribution in [1.82, 2.24) is 5.32 Å². The Balaban J connectivity index is 2.35. The zero-order valence-corrected chi connectivity index (χ0v) is 10.8. The molecular weight excluding hydrogens is 230 g/mol. The van der Waals surface area contributed by atoms with Crippen LogP contribution in [0.1, 0.15) is 18.1 Å². The molecule has 0 saturated heterocycles. The fourth-order valence-corrected chi connectivity index (χ4v) is 1.45. The molecule has 1 rings (SSSR count). The van der Waals surface area contributed by atoms with Crippen LogP contribution < -0.4 is 5.32 Å². The SMILES string of the molecule is COC(=O)/C(C)=C/CNCc1ccc(CO)cc1. The monoisotopic (exact) mass is 249 g/mol. The number of rotatable bonds is 6. The van der Waals surface area contributed by atoms with E-state index in [1.807, 2.05) is 24.3 Å². The number of carbonyl (C=O) groups excluding carboxylic acids is 1. The summed E-state index contributed by atoms with van der Waals surface area (Å²) in [5.41, 5.74) is 2.64. The predicted molar refractivity (Wildman–Crippen MR) is 69.8 cm³/mol. The van der Waals surface area contributed by atoms with Crippen LogP contribution in [-0.2, 0) is 22.7 Å². The number of benzene rings is 1. The van der Waals surface area contributed by atoms with Gasteiger partial charge in [0.15, 0.2) is 0 Å². The maximum absolute atomic E-state index is 11.1. The second-order valence-corrected chi connectivity index (χ2v) is 3.98. The normalized spacial score (nSPS) is 11.4. The van der Waals surface area contributed by atoms with Gasteiger partial charge in [-0.1, -0.05) is 30.3 Å². The lowest BCUT2D eigenvalue weighted by Gasteiger charge is -2.04. The van der Waals surface area contributed by atoms with Gasteiger partial charge in [-0.3, -0.25) is 0 Å². The lowest BCUT2D eigenvalue weighted by Crippen LogP contribution is -2.14. The van der Waals surface area contributed by atoms with Gasteiger partial charge in [0, 0.05) is 18.7 Å². The molecule has 0 spiro atoms. The van der Waals surface area contributed by atoms with E-state index >= 15 is 0 Å². The number of hydrogen-bond acceptors (Lipinski definition) is 4. The Morgan fingerprint density at radius 1 is 1.33 bits per heavy atom. The standard InChI is InChI=1S/C14H19NO3/c1-11(14(17)18-2)7-8-15-9-12-3-5-13(10-16)6-4-12/h3-7,15-16H,8-10H2,1-2H3/b11-7+. The van der Waals surface area contributed by atoms with Crippen LogP contribution in [0.25, 0.3) is 0 Å². The van der Waals surface area contributed by atoms with Crippen LogP contribution in [0.3, 0.4) is 0 Å². The zero-order chi connectivity index (χ0) is 13.4. The third-order valence-electron chi connectivity index (χ3n) is 2.59. The molecule has 0 aromatic heterocycles. The minimum Gasteiger partial charge on any atom is -0.466 e. The first-order valence-corrected chi connectivity index (χ1v) is 5.82. The van der Waals surface area contributed by atoms with Crippen LogP contribution in [0, 0.1) is 0 Å². The van der Waals surface area contributed by atoms with E-state index in [1.165, 1.54) is 7.11 Å². The quantitative estimate of drug-likeness (QED) is 0.454. The average Bonchev–Trinajstić information content (AvgIpc) is 2.43. The van der Waals surface area contributed by atoms with E-state index in [4.69, 9.17) is 5.11 Å². The van der Waals surface area contributed by atoms with Crippen molar-refractivity contribution in [2.75, 3.05) is 13.7 Å². The van der Waals surface area contributed by atoms with Gasteiger partial charge < -0.3 is 15.2 Å². The Kier molecular flexibility index (Phi) is 6.11. The van der Waals surface area contributed by atoms with Crippen molar-refractivity contribution in [2.45, 2.75) is 20.1 Å². The molecule has 4 nitrogen and oxygen atoms in total. The number of aliphatic hydroxyl groups is 1. The molecule has 0 heterocycles. The smallest absolute Gasteiger partial charge is 0.333 e. The second-order valence-electron chi connectivity index (χ2n) is 3.98. The highest BCUT2D eigenvalue weighted by atomic mass is 16.5. The molecule has 0 amide bonds. The van der Waals surface area contributed by atoms with Gasteiger partial charge in [-0.2, -0.15) is 0 Å². The van der Waals surface area contributed by atoms with Crippen molar-refractivity contribution < 1.29 is 14.6 Å². The van der Waals surface area contributed by atoms with Gasteiger partial charge in [0.05, 0.1) is 13.7 Å². The van der Waals surface area contributed by atoms with Crippen LogP contribution in [0.2, 0.25) is 0 Å². The summed E-state index contributed by atoms with van der Waals surface area (Å²) in [6.07, 6.45) is 1.80. The van der Waals surface area contributed by atoms with Crippen LogP contribution in [0.5, 0.6) is 0 Å². The zero-order valence-electron chi connectivity index (χ0n) is 10.8. The molecule has 0 aliphatic heterocycles. The van der Waals surface area contributed by atoms with Crippen molar-refractivity contribution >= 4 is 5.97 Å². The molecule has 0 unspecified atom stereocenters. The average molecular weight is 249 g/mol. The maximum atomic E-state index is 11.1. The third kappa shape index (κ3) is 4.69. The molecule has 0 radical (unpaired) electrons. The number of esters is 1. The summed E-state index contributed by atoms with van der Waals surface area (Å²) in [4.78, 5) is 11.1. The molecule has 0 fully saturated rings. The van der Waals surface area contributed by atoms with Gasteiger partial charge in [0.25, 0.3) is 0 Å². The van der Waals surface area contributed by atoms with E-state index in [0.717, 1.165) is 17.7 Å². The highest BCUT2D eigenvalue weighted by molar-refractivity contribution is 5.87. The van der Waals surface area contributed by atoms with Crippen molar-refractivity contribution in [1.29, 1.82) is 0 Å². The van der Waals surface area contributed by atoms with Crippen molar-refractivity contribution in [3.8, 4) is 0 Å². The molecule has 0 atom stereocenters. The molecule has 4 heteroatoms. The Labute approximate surface area is 107 Å². The summed E-state index contributed by atoms with van der Waals surface area (Å²) >= 11 is 0. The molecule has 0 saturated carbocycles. The predicted octanol–water partition coefficient (Wildman–Crippen LogP) is 1.39. The highest BCUT2D eigenvalue weighted by Gasteiger charge is 2.01. The Hall–Kier alpha value is -1.65. The number of carbonyl (C=O) groups is 1. The Morgan fingerprint density at radius 3 is 2.50 bits per heavy atom. The van der Waals surface area contributed by atoms with Gasteiger partial charge >= 0.3 is 5.97 Å². The van der Waals surface area contributed by atoms with E-state index in [9.17, 15) is 4.79 Å². The summed E-state index contributed by atoms with van der Waals surface area (Å²) in [7, 11) is 1.37. The van der Waals surface area contributed by atoms with Crippen LogP contribution in [0.15, 0.2) is 35.9 Å². The van der Waals surface area contributed by atoms with Gasteiger partial charge in [-0.15, -0.1) is 0 Å². The first-order valence-electron chi connectivity index (χ1n) is 5.82.